The number of para-hydroxylation sites is 2. The quantitative estimate of drug-likeness (QED) is 0.814. The summed E-state index contributed by atoms with van der Waals surface area (Å²) in [6.45, 7) is 3.63. The van der Waals surface area contributed by atoms with E-state index < -0.39 is 10.8 Å². The Hall–Kier alpha value is -2.01. The first-order chi connectivity index (χ1) is 11.3. The largest absolute Gasteiger partial charge is 0.494 e. The lowest BCUT2D eigenvalue weighted by Crippen LogP contribution is -2.17. The van der Waals surface area contributed by atoms with Crippen molar-refractivity contribution in [1.29, 1.82) is 0 Å². The highest BCUT2D eigenvalue weighted by atomic mass is 32.2. The van der Waals surface area contributed by atoms with E-state index in [9.17, 15) is 4.21 Å². The van der Waals surface area contributed by atoms with Gasteiger partial charge in [-0.2, -0.15) is 0 Å². The summed E-state index contributed by atoms with van der Waals surface area (Å²) >= 11 is 0. The van der Waals surface area contributed by atoms with E-state index in [1.807, 2.05) is 49.4 Å². The summed E-state index contributed by atoms with van der Waals surface area (Å²) in [7, 11) is -1.05. The number of fused-ring (bicyclic) bond motifs is 1. The Bertz CT molecular complexity index is 699. The number of hydrogen-bond acceptors (Lipinski definition) is 4. The van der Waals surface area contributed by atoms with E-state index in [-0.39, 0.29) is 0 Å². The van der Waals surface area contributed by atoms with Crippen LogP contribution < -0.4 is 14.2 Å². The van der Waals surface area contributed by atoms with Crippen LogP contribution in [0.1, 0.15) is 18.1 Å². The van der Waals surface area contributed by atoms with Crippen molar-refractivity contribution in [2.75, 3.05) is 19.8 Å². The molecule has 5 heteroatoms. The maximum atomic E-state index is 12.6. The Morgan fingerprint density at radius 2 is 1.74 bits per heavy atom. The standard InChI is InChI=1S/C18H20O4S/c1-2-20-16-8-4-3-6-14(16)12-23(19)13-15-7-5-9-17-18(15)22-11-10-21-17/h3-9H,2,10-13H2,1H3/t23-/m0/s1. The van der Waals surface area contributed by atoms with Crippen LogP contribution in [0.3, 0.4) is 0 Å². The molecule has 0 N–H and O–H groups in total. The molecule has 3 rings (SSSR count). The molecule has 0 amide bonds. The average molecular weight is 332 g/mol. The van der Waals surface area contributed by atoms with Gasteiger partial charge in [0.15, 0.2) is 11.5 Å². The molecular formula is C18H20O4S. The van der Waals surface area contributed by atoms with Crippen LogP contribution in [0.15, 0.2) is 42.5 Å². The maximum Gasteiger partial charge on any atom is 0.165 e. The van der Waals surface area contributed by atoms with Gasteiger partial charge in [-0.3, -0.25) is 4.21 Å². The number of ether oxygens (including phenoxy) is 3. The highest BCUT2D eigenvalue weighted by Crippen LogP contribution is 2.34. The molecule has 2 aromatic rings. The zero-order chi connectivity index (χ0) is 16.1. The summed E-state index contributed by atoms with van der Waals surface area (Å²) in [5.74, 6) is 3.16. The third kappa shape index (κ3) is 3.85. The Balaban J connectivity index is 1.73. The Labute approximate surface area is 138 Å². The predicted octanol–water partition coefficient (Wildman–Crippen LogP) is 3.31. The summed E-state index contributed by atoms with van der Waals surface area (Å²) in [6, 6.07) is 13.5. The summed E-state index contributed by atoms with van der Waals surface area (Å²) in [6.07, 6.45) is 0. The van der Waals surface area contributed by atoms with Gasteiger partial charge >= 0.3 is 0 Å². The minimum atomic E-state index is -1.05. The van der Waals surface area contributed by atoms with E-state index >= 15 is 0 Å². The fourth-order valence-electron chi connectivity index (χ4n) is 2.57. The molecule has 1 atom stereocenters. The highest BCUT2D eigenvalue weighted by Gasteiger charge is 2.17. The molecule has 0 bridgehead atoms. The van der Waals surface area contributed by atoms with Crippen LogP contribution in [-0.4, -0.2) is 24.0 Å². The second kappa shape index (κ2) is 7.51. The minimum Gasteiger partial charge on any atom is -0.494 e. The SMILES string of the molecule is CCOc1ccccc1C[S@](=O)Cc1cccc2c1OCCO2. The molecule has 1 heterocycles. The first kappa shape index (κ1) is 15.9. The van der Waals surface area contributed by atoms with Gasteiger partial charge in [0.25, 0.3) is 0 Å². The van der Waals surface area contributed by atoms with Crippen molar-refractivity contribution < 1.29 is 18.4 Å². The second-order valence-corrected chi connectivity index (χ2v) is 6.67. The molecule has 122 valence electrons. The lowest BCUT2D eigenvalue weighted by Gasteiger charge is -2.20. The van der Waals surface area contributed by atoms with E-state index in [2.05, 4.69) is 0 Å². The third-order valence-corrected chi connectivity index (χ3v) is 4.82. The normalized spacial score (nSPS) is 14.3. The molecule has 0 fully saturated rings. The molecule has 0 unspecified atom stereocenters. The topological polar surface area (TPSA) is 44.8 Å². The minimum absolute atomic E-state index is 0.437. The van der Waals surface area contributed by atoms with Crippen molar-refractivity contribution in [2.24, 2.45) is 0 Å². The molecule has 4 nitrogen and oxygen atoms in total. The summed E-state index contributed by atoms with van der Waals surface area (Å²) < 4.78 is 29.4. The fraction of sp³-hybridized carbons (Fsp3) is 0.333. The predicted molar refractivity (Wildman–Crippen MR) is 90.6 cm³/mol. The van der Waals surface area contributed by atoms with Crippen molar-refractivity contribution in [3.8, 4) is 17.2 Å². The monoisotopic (exact) mass is 332 g/mol. The average Bonchev–Trinajstić information content (AvgIpc) is 2.57. The van der Waals surface area contributed by atoms with Gasteiger partial charge in [-0.05, 0) is 19.1 Å². The molecule has 0 saturated heterocycles. The van der Waals surface area contributed by atoms with Crippen molar-refractivity contribution in [2.45, 2.75) is 18.4 Å². The van der Waals surface area contributed by atoms with Crippen LogP contribution in [-0.2, 0) is 22.3 Å². The summed E-state index contributed by atoms with van der Waals surface area (Å²) in [5, 5.41) is 0. The van der Waals surface area contributed by atoms with Gasteiger partial charge in [0.1, 0.15) is 19.0 Å². The van der Waals surface area contributed by atoms with Crippen molar-refractivity contribution >= 4 is 10.8 Å². The van der Waals surface area contributed by atoms with Gasteiger partial charge in [-0.15, -0.1) is 0 Å². The van der Waals surface area contributed by atoms with Crippen molar-refractivity contribution in [3.63, 3.8) is 0 Å². The van der Waals surface area contributed by atoms with E-state index in [0.717, 1.165) is 28.4 Å². The van der Waals surface area contributed by atoms with Gasteiger partial charge in [0.2, 0.25) is 0 Å². The number of rotatable bonds is 6. The van der Waals surface area contributed by atoms with Gasteiger partial charge in [0, 0.05) is 21.9 Å². The van der Waals surface area contributed by atoms with Gasteiger partial charge < -0.3 is 14.2 Å². The second-order valence-electron chi connectivity index (χ2n) is 5.21. The lowest BCUT2D eigenvalue weighted by atomic mass is 10.2. The molecule has 0 spiro atoms. The molecular weight excluding hydrogens is 312 g/mol. The van der Waals surface area contributed by atoms with E-state index in [4.69, 9.17) is 14.2 Å². The fourth-order valence-corrected chi connectivity index (χ4v) is 3.83. The molecule has 0 aromatic heterocycles. The molecule has 0 saturated carbocycles. The molecule has 1 aliphatic rings. The lowest BCUT2D eigenvalue weighted by molar-refractivity contribution is 0.170. The maximum absolute atomic E-state index is 12.6. The van der Waals surface area contributed by atoms with E-state index in [1.54, 1.807) is 0 Å². The van der Waals surface area contributed by atoms with Crippen LogP contribution >= 0.6 is 0 Å². The van der Waals surface area contributed by atoms with Crippen LogP contribution in [0.2, 0.25) is 0 Å². The smallest absolute Gasteiger partial charge is 0.165 e. The van der Waals surface area contributed by atoms with Gasteiger partial charge in [-0.1, -0.05) is 30.3 Å². The van der Waals surface area contributed by atoms with E-state index in [0.29, 0.717) is 31.3 Å². The number of hydrogen-bond donors (Lipinski definition) is 0. The molecule has 2 aromatic carbocycles. The molecule has 0 radical (unpaired) electrons. The third-order valence-electron chi connectivity index (χ3n) is 3.55. The van der Waals surface area contributed by atoms with Crippen LogP contribution in [0.25, 0.3) is 0 Å². The first-order valence-electron chi connectivity index (χ1n) is 7.71. The van der Waals surface area contributed by atoms with Gasteiger partial charge in [-0.25, -0.2) is 0 Å². The molecule has 1 aliphatic heterocycles. The zero-order valence-electron chi connectivity index (χ0n) is 13.1. The molecule has 23 heavy (non-hydrogen) atoms. The Kier molecular flexibility index (Phi) is 5.18. The van der Waals surface area contributed by atoms with Gasteiger partial charge in [0.05, 0.1) is 18.1 Å². The van der Waals surface area contributed by atoms with Crippen LogP contribution in [0.4, 0.5) is 0 Å². The van der Waals surface area contributed by atoms with Crippen molar-refractivity contribution in [1.82, 2.24) is 0 Å². The van der Waals surface area contributed by atoms with Crippen LogP contribution in [0, 0.1) is 0 Å². The summed E-state index contributed by atoms with van der Waals surface area (Å²) in [5.41, 5.74) is 1.89. The first-order valence-corrected chi connectivity index (χ1v) is 9.20. The summed E-state index contributed by atoms with van der Waals surface area (Å²) in [4.78, 5) is 0. The Morgan fingerprint density at radius 1 is 1.00 bits per heavy atom. The number of benzene rings is 2. The van der Waals surface area contributed by atoms with E-state index in [1.165, 1.54) is 0 Å². The zero-order valence-corrected chi connectivity index (χ0v) is 13.9. The Morgan fingerprint density at radius 3 is 2.61 bits per heavy atom. The van der Waals surface area contributed by atoms with Crippen molar-refractivity contribution in [3.05, 3.63) is 53.6 Å². The van der Waals surface area contributed by atoms with Crippen LogP contribution in [0.5, 0.6) is 17.2 Å². The highest BCUT2D eigenvalue weighted by molar-refractivity contribution is 7.83. The molecule has 0 aliphatic carbocycles.